The number of fused-ring (bicyclic) bond motifs is 1. The van der Waals surface area contributed by atoms with Gasteiger partial charge < -0.3 is 15.5 Å². The van der Waals surface area contributed by atoms with E-state index in [1.165, 1.54) is 30.5 Å². The molecule has 0 saturated heterocycles. The van der Waals surface area contributed by atoms with Gasteiger partial charge in [-0.15, -0.1) is 5.10 Å². The minimum Gasteiger partial charge on any atom is -0.481 e. The average molecular weight is 457 g/mol. The van der Waals surface area contributed by atoms with Gasteiger partial charge in [-0.25, -0.2) is 9.50 Å². The van der Waals surface area contributed by atoms with Gasteiger partial charge in [-0.2, -0.15) is 0 Å². The first-order chi connectivity index (χ1) is 16.0. The van der Waals surface area contributed by atoms with E-state index in [9.17, 15) is 15.0 Å². The minimum atomic E-state index is -0.663. The molecule has 2 aromatic rings. The van der Waals surface area contributed by atoms with Gasteiger partial charge in [-0.3, -0.25) is 4.79 Å². The number of unbranched alkanes of at least 4 members (excludes halogenated alkanes) is 2. The zero-order valence-electron chi connectivity index (χ0n) is 20.2. The number of hydrogen-bond acceptors (Lipinski definition) is 5. The van der Waals surface area contributed by atoms with Crippen LogP contribution in [0.2, 0.25) is 0 Å². The summed E-state index contributed by atoms with van der Waals surface area (Å²) < 4.78 is 2.09. The molecule has 2 fully saturated rings. The number of aliphatic carboxylic acids is 1. The maximum Gasteiger partial charge on any atom is 0.306 e. The van der Waals surface area contributed by atoms with E-state index < -0.39 is 5.97 Å². The van der Waals surface area contributed by atoms with Crippen LogP contribution < -0.4 is 5.32 Å². The monoisotopic (exact) mass is 456 g/mol. The van der Waals surface area contributed by atoms with Crippen LogP contribution in [0.25, 0.3) is 5.52 Å². The summed E-state index contributed by atoms with van der Waals surface area (Å²) in [5.41, 5.74) is 3.54. The van der Waals surface area contributed by atoms with Gasteiger partial charge in [0.15, 0.2) is 0 Å². The number of anilines is 1. The molecule has 3 N–H and O–H groups in total. The number of nitrogens with one attached hydrogen (secondary N) is 1. The molecule has 33 heavy (non-hydrogen) atoms. The van der Waals surface area contributed by atoms with Crippen molar-refractivity contribution in [3.63, 3.8) is 0 Å². The lowest BCUT2D eigenvalue weighted by Crippen LogP contribution is -2.20. The van der Waals surface area contributed by atoms with E-state index in [2.05, 4.69) is 34.7 Å². The highest BCUT2D eigenvalue weighted by molar-refractivity contribution is 5.70. The summed E-state index contributed by atoms with van der Waals surface area (Å²) in [7, 11) is 0. The smallest absolute Gasteiger partial charge is 0.306 e. The molecule has 7 heteroatoms. The Morgan fingerprint density at radius 3 is 2.48 bits per heavy atom. The van der Waals surface area contributed by atoms with E-state index in [-0.39, 0.29) is 12.0 Å². The molecule has 1 atom stereocenters. The predicted molar refractivity (Wildman–Crippen MR) is 130 cm³/mol. The number of aliphatic hydroxyl groups is 1. The van der Waals surface area contributed by atoms with Gasteiger partial charge in [0.1, 0.15) is 0 Å². The number of carboxylic acids is 1. The first kappa shape index (κ1) is 24.0. The number of nitrogens with zero attached hydrogens (tertiary/aromatic N) is 3. The summed E-state index contributed by atoms with van der Waals surface area (Å²) in [6.45, 7) is 4.41. The Kier molecular flexibility index (Phi) is 7.89. The summed E-state index contributed by atoms with van der Waals surface area (Å²) in [6.07, 6.45) is 13.4. The topological polar surface area (TPSA) is 99.8 Å². The molecule has 0 spiro atoms. The van der Waals surface area contributed by atoms with Gasteiger partial charge in [-0.1, -0.05) is 26.2 Å². The van der Waals surface area contributed by atoms with Crippen LogP contribution in [-0.2, 0) is 4.79 Å². The minimum absolute atomic E-state index is 0.186. The lowest BCUT2D eigenvalue weighted by atomic mass is 9.78. The van der Waals surface area contributed by atoms with Crippen molar-refractivity contribution in [1.29, 1.82) is 0 Å². The molecule has 182 valence electrons. The molecule has 2 aliphatic rings. The first-order valence-electron chi connectivity index (χ1n) is 13.0. The van der Waals surface area contributed by atoms with E-state index in [4.69, 9.17) is 5.10 Å². The Morgan fingerprint density at radius 1 is 1.12 bits per heavy atom. The molecule has 0 aromatic carbocycles. The van der Waals surface area contributed by atoms with Crippen LogP contribution in [0.3, 0.4) is 0 Å². The van der Waals surface area contributed by atoms with E-state index in [1.807, 2.05) is 6.20 Å². The Hall–Kier alpha value is -2.15. The Bertz CT molecular complexity index is 927. The summed E-state index contributed by atoms with van der Waals surface area (Å²) >= 11 is 0. The fourth-order valence-electron chi connectivity index (χ4n) is 5.74. The largest absolute Gasteiger partial charge is 0.481 e. The van der Waals surface area contributed by atoms with Crippen molar-refractivity contribution in [3.8, 4) is 0 Å². The quantitative estimate of drug-likeness (QED) is 0.432. The van der Waals surface area contributed by atoms with Crippen LogP contribution in [0.4, 0.5) is 5.95 Å². The molecule has 0 aliphatic heterocycles. The van der Waals surface area contributed by atoms with Crippen LogP contribution in [-0.4, -0.2) is 42.9 Å². The van der Waals surface area contributed by atoms with Crippen LogP contribution in [0.15, 0.2) is 12.3 Å². The number of carboxylic acid groups (broad SMARTS) is 1. The summed E-state index contributed by atoms with van der Waals surface area (Å²) in [4.78, 5) is 16.1. The fourth-order valence-corrected chi connectivity index (χ4v) is 5.74. The number of aliphatic hydroxyl groups excluding tert-OH is 1. The van der Waals surface area contributed by atoms with E-state index in [0.29, 0.717) is 23.8 Å². The van der Waals surface area contributed by atoms with Crippen molar-refractivity contribution in [1.82, 2.24) is 14.6 Å². The van der Waals surface area contributed by atoms with Crippen LogP contribution in [0.1, 0.15) is 114 Å². The van der Waals surface area contributed by atoms with Gasteiger partial charge in [0.2, 0.25) is 5.95 Å². The van der Waals surface area contributed by atoms with Crippen molar-refractivity contribution in [2.75, 3.05) is 5.32 Å². The molecule has 2 aliphatic carbocycles. The molecular formula is C26H40N4O3. The van der Waals surface area contributed by atoms with Crippen molar-refractivity contribution in [2.24, 2.45) is 5.92 Å². The molecule has 0 bridgehead atoms. The Morgan fingerprint density at radius 2 is 1.82 bits per heavy atom. The highest BCUT2D eigenvalue weighted by atomic mass is 16.4. The van der Waals surface area contributed by atoms with Gasteiger partial charge in [0, 0.05) is 17.7 Å². The van der Waals surface area contributed by atoms with Gasteiger partial charge >= 0.3 is 5.97 Å². The van der Waals surface area contributed by atoms with Crippen molar-refractivity contribution in [3.05, 3.63) is 23.5 Å². The van der Waals surface area contributed by atoms with Gasteiger partial charge in [0.25, 0.3) is 0 Å². The van der Waals surface area contributed by atoms with Gasteiger partial charge in [-0.05, 0) is 82.3 Å². The van der Waals surface area contributed by atoms with E-state index in [0.717, 1.165) is 63.3 Å². The zero-order chi connectivity index (χ0) is 23.4. The van der Waals surface area contributed by atoms with Crippen molar-refractivity contribution in [2.45, 2.75) is 115 Å². The highest BCUT2D eigenvalue weighted by Gasteiger charge is 2.31. The number of rotatable bonds is 9. The maximum absolute atomic E-state index is 11.4. The predicted octanol–water partition coefficient (Wildman–Crippen LogP) is 5.49. The standard InChI is InChI=1S/C26H40N4O3/c1-3-4-5-6-17(2)28-26-27-16-24-22(18-7-9-20(10-8-18)25(32)33)15-23(30(24)29-26)19-11-13-21(31)14-12-19/h15-21,31H,3-14H2,1-2H3,(H,28,29)(H,32,33). The normalized spacial score (nSPS) is 26.9. The Labute approximate surface area is 197 Å². The van der Waals surface area contributed by atoms with Crippen LogP contribution >= 0.6 is 0 Å². The van der Waals surface area contributed by atoms with Gasteiger partial charge in [0.05, 0.1) is 23.7 Å². The second-order valence-corrected chi connectivity index (χ2v) is 10.3. The molecule has 2 aromatic heterocycles. The Balaban J connectivity index is 1.60. The SMILES string of the molecule is CCCCCC(C)Nc1ncc2c(C3CCC(C(=O)O)CC3)cc(C3CCC(O)CC3)n2n1. The molecular weight excluding hydrogens is 416 g/mol. The molecule has 2 heterocycles. The molecule has 0 radical (unpaired) electrons. The van der Waals surface area contributed by atoms with E-state index >= 15 is 0 Å². The molecule has 2 saturated carbocycles. The number of aromatic nitrogens is 3. The third kappa shape index (κ3) is 5.68. The molecule has 1 unspecified atom stereocenters. The molecule has 4 rings (SSSR count). The average Bonchev–Trinajstić information content (AvgIpc) is 3.18. The number of hydrogen-bond donors (Lipinski definition) is 3. The second kappa shape index (κ2) is 10.9. The first-order valence-corrected chi connectivity index (χ1v) is 13.0. The molecule has 7 nitrogen and oxygen atoms in total. The lowest BCUT2D eigenvalue weighted by Gasteiger charge is -2.26. The van der Waals surface area contributed by atoms with E-state index in [1.54, 1.807) is 0 Å². The van der Waals surface area contributed by atoms with Crippen LogP contribution in [0.5, 0.6) is 0 Å². The molecule has 0 amide bonds. The maximum atomic E-state index is 11.4. The summed E-state index contributed by atoms with van der Waals surface area (Å²) in [6, 6.07) is 2.63. The second-order valence-electron chi connectivity index (χ2n) is 10.3. The highest BCUT2D eigenvalue weighted by Crippen LogP contribution is 2.41. The van der Waals surface area contributed by atoms with Crippen LogP contribution in [0, 0.1) is 5.92 Å². The van der Waals surface area contributed by atoms with Crippen molar-refractivity contribution < 1.29 is 15.0 Å². The fraction of sp³-hybridized carbons (Fsp3) is 0.731. The number of carbonyl (C=O) groups is 1. The summed E-state index contributed by atoms with van der Waals surface area (Å²) in [5, 5.41) is 27.8. The zero-order valence-corrected chi connectivity index (χ0v) is 20.2. The third-order valence-electron chi connectivity index (χ3n) is 7.82. The summed E-state index contributed by atoms with van der Waals surface area (Å²) in [5.74, 6) is 0.531. The lowest BCUT2D eigenvalue weighted by molar-refractivity contribution is -0.142. The van der Waals surface area contributed by atoms with Crippen molar-refractivity contribution >= 4 is 17.4 Å². The third-order valence-corrected chi connectivity index (χ3v) is 7.82.